The standard InChI is InChI=1S/C23H36N9O20P3/c1-31(11-2-12(33)28-22(24)27-11)20-16(36)14(34)9(50-20)5-48-54(42,43)46-3-8(52-53(39,40)41)4-47-55(44,45)49-6-10-15(35)17(37)21(51-10)32-7-26-13-18(32)29-23(25)30-19(13)38/h2,7-10,14-17,20-21,34-37H,3-6H2,1H3,(H,42,43)(H,44,45)(H2,39,40,41)(H3,24,27,28,33)(H3,25,29,30,38)/t8?,9-,10-,14-,15-,16-,17-,20-,21-/m1/s1. The number of aromatic amines is 2. The zero-order chi connectivity index (χ0) is 40.6. The lowest BCUT2D eigenvalue weighted by Gasteiger charge is -2.27. The summed E-state index contributed by atoms with van der Waals surface area (Å²) in [5.41, 5.74) is 9.43. The summed E-state index contributed by atoms with van der Waals surface area (Å²) in [5.74, 6) is -0.620. The third-order valence-electron chi connectivity index (χ3n) is 7.83. The van der Waals surface area contributed by atoms with Gasteiger partial charge in [-0.25, -0.2) is 18.7 Å². The molecule has 0 amide bonds. The number of likely N-dealkylation sites (N-methyl/N-ethyl adjacent to an activating group) is 1. The smallest absolute Gasteiger partial charge is 0.387 e. The van der Waals surface area contributed by atoms with Crippen molar-refractivity contribution in [3.63, 3.8) is 0 Å². The van der Waals surface area contributed by atoms with Crippen LogP contribution in [0.4, 0.5) is 17.7 Å². The summed E-state index contributed by atoms with van der Waals surface area (Å²) >= 11 is 0. The first-order valence-electron chi connectivity index (χ1n) is 15.4. The normalized spacial score (nSPS) is 28.6. The van der Waals surface area contributed by atoms with Gasteiger partial charge in [0.25, 0.3) is 11.1 Å². The number of nitrogens with one attached hydrogen (secondary N) is 2. The Morgan fingerprint density at radius 2 is 1.42 bits per heavy atom. The van der Waals surface area contributed by atoms with Crippen LogP contribution in [0.1, 0.15) is 6.23 Å². The van der Waals surface area contributed by atoms with Crippen LogP contribution in [0, 0.1) is 0 Å². The lowest BCUT2D eigenvalue weighted by molar-refractivity contribution is -0.0527. The van der Waals surface area contributed by atoms with Gasteiger partial charge in [0.2, 0.25) is 11.9 Å². The molecule has 0 radical (unpaired) electrons. The fourth-order valence-corrected chi connectivity index (χ4v) is 7.29. The molecule has 3 aromatic rings. The van der Waals surface area contributed by atoms with Gasteiger partial charge in [0, 0.05) is 13.1 Å². The zero-order valence-corrected chi connectivity index (χ0v) is 30.6. The van der Waals surface area contributed by atoms with Crippen molar-refractivity contribution in [2.45, 2.75) is 55.2 Å². The van der Waals surface area contributed by atoms with Gasteiger partial charge in [-0.15, -0.1) is 0 Å². The summed E-state index contributed by atoms with van der Waals surface area (Å²) in [6.45, 7) is -4.30. The predicted octanol–water partition coefficient (Wildman–Crippen LogP) is -4.69. The Morgan fingerprint density at radius 1 is 0.855 bits per heavy atom. The highest BCUT2D eigenvalue weighted by Gasteiger charge is 2.47. The molecule has 55 heavy (non-hydrogen) atoms. The Balaban J connectivity index is 1.13. The van der Waals surface area contributed by atoms with Crippen molar-refractivity contribution in [1.29, 1.82) is 0 Å². The summed E-state index contributed by atoms with van der Waals surface area (Å²) in [7, 11) is -14.5. The second-order valence-electron chi connectivity index (χ2n) is 11.8. The molecule has 0 bridgehead atoms. The van der Waals surface area contributed by atoms with Crippen LogP contribution < -0.4 is 27.5 Å². The number of phosphoric ester groups is 3. The molecule has 0 aromatic carbocycles. The van der Waals surface area contributed by atoms with Gasteiger partial charge in [-0.05, 0) is 0 Å². The number of H-pyrrole nitrogens is 2. The van der Waals surface area contributed by atoms with Crippen molar-refractivity contribution in [2.24, 2.45) is 0 Å². The summed E-state index contributed by atoms with van der Waals surface area (Å²) < 4.78 is 72.2. The molecule has 0 saturated carbocycles. The van der Waals surface area contributed by atoms with Crippen LogP contribution in [0.25, 0.3) is 11.2 Å². The highest BCUT2D eigenvalue weighted by atomic mass is 31.2. The Kier molecular flexibility index (Phi) is 13.0. The van der Waals surface area contributed by atoms with Crippen LogP contribution in [0.3, 0.4) is 0 Å². The number of rotatable bonds is 17. The number of aromatic nitrogens is 6. The number of hydrogen-bond acceptors (Lipinski definition) is 22. The number of hydrogen-bond donors (Lipinski definition) is 12. The van der Waals surface area contributed by atoms with Crippen LogP contribution in [0.2, 0.25) is 0 Å². The lowest BCUT2D eigenvalue weighted by atomic mass is 10.1. The Labute approximate surface area is 305 Å². The maximum atomic E-state index is 12.6. The molecular formula is C23H36N9O20P3. The van der Waals surface area contributed by atoms with Crippen LogP contribution in [0.15, 0.2) is 22.0 Å². The van der Waals surface area contributed by atoms with Crippen molar-refractivity contribution in [3.05, 3.63) is 33.1 Å². The van der Waals surface area contributed by atoms with Gasteiger partial charge in [-0.1, -0.05) is 0 Å². The molecule has 5 rings (SSSR count). The van der Waals surface area contributed by atoms with E-state index in [4.69, 9.17) is 34.5 Å². The minimum atomic E-state index is -5.41. The number of nitrogens with two attached hydrogens (primary N) is 2. The molecule has 3 aromatic heterocycles. The number of imidazole rings is 1. The van der Waals surface area contributed by atoms with E-state index in [1.54, 1.807) is 0 Å². The van der Waals surface area contributed by atoms with Crippen molar-refractivity contribution >= 4 is 52.3 Å². The summed E-state index contributed by atoms with van der Waals surface area (Å²) in [4.78, 5) is 80.0. The van der Waals surface area contributed by atoms with Crippen LogP contribution >= 0.6 is 23.5 Å². The number of nitrogen functional groups attached to an aromatic ring is 2. The molecule has 2 aliphatic rings. The fourth-order valence-electron chi connectivity index (χ4n) is 5.25. The molecule has 2 saturated heterocycles. The maximum Gasteiger partial charge on any atom is 0.472 e. The first kappa shape index (κ1) is 42.9. The van der Waals surface area contributed by atoms with E-state index in [-0.39, 0.29) is 28.9 Å². The molecule has 2 fully saturated rings. The molecule has 0 spiro atoms. The average Bonchev–Trinajstić information content (AvgIpc) is 3.72. The zero-order valence-electron chi connectivity index (χ0n) is 27.9. The molecule has 2 aliphatic heterocycles. The van der Waals surface area contributed by atoms with Gasteiger partial charge in [-0.3, -0.25) is 46.7 Å². The largest absolute Gasteiger partial charge is 0.472 e. The quantitative estimate of drug-likeness (QED) is 0.0568. The number of aliphatic hydroxyl groups is 4. The average molecular weight is 852 g/mol. The second kappa shape index (κ2) is 16.7. The number of ether oxygens (including phenoxy) is 2. The summed E-state index contributed by atoms with van der Waals surface area (Å²) in [5, 5.41) is 41.9. The number of aliphatic hydroxyl groups excluding tert-OH is 4. The molecule has 32 heteroatoms. The van der Waals surface area contributed by atoms with Crippen LogP contribution in [-0.4, -0.2) is 152 Å². The summed E-state index contributed by atoms with van der Waals surface area (Å²) in [6.07, 6.45) is -13.6. The highest BCUT2D eigenvalue weighted by molar-refractivity contribution is 7.47. The molecular weight excluding hydrogens is 815 g/mol. The Hall–Kier alpha value is -3.28. The van der Waals surface area contributed by atoms with E-state index in [2.05, 4.69) is 34.0 Å². The number of phosphoric acid groups is 3. The minimum absolute atomic E-state index is 0.0634. The van der Waals surface area contributed by atoms with Crippen LogP contribution in [0.5, 0.6) is 0 Å². The third kappa shape index (κ3) is 10.6. The highest BCUT2D eigenvalue weighted by Crippen LogP contribution is 2.48. The van der Waals surface area contributed by atoms with E-state index in [0.717, 1.165) is 21.9 Å². The number of anilines is 3. The second-order valence-corrected chi connectivity index (χ2v) is 15.9. The predicted molar refractivity (Wildman–Crippen MR) is 177 cm³/mol. The van der Waals surface area contributed by atoms with E-state index in [1.165, 1.54) is 7.05 Å². The van der Waals surface area contributed by atoms with Crippen molar-refractivity contribution in [2.75, 3.05) is 49.8 Å². The van der Waals surface area contributed by atoms with E-state index in [9.17, 15) is 63.3 Å². The van der Waals surface area contributed by atoms with Crippen molar-refractivity contribution < 1.29 is 85.8 Å². The SMILES string of the molecule is CN(c1cc(=O)[nH]c(N)n1)[C@@H]1O[C@H](COP(=O)(O)OCC(COP(=O)(O)OC[C@H]2O[C@@H](n3cnc4c(=O)[nH]c(N)nc43)[C@H](O)[C@@H]2O)OP(=O)(O)O)[C@@H](O)[C@H]1O. The lowest BCUT2D eigenvalue weighted by Crippen LogP contribution is -2.43. The number of fused-ring (bicyclic) bond motifs is 1. The van der Waals surface area contributed by atoms with Crippen molar-refractivity contribution in [3.8, 4) is 0 Å². The molecule has 3 unspecified atom stereocenters. The molecule has 5 heterocycles. The molecule has 11 atom stereocenters. The van der Waals surface area contributed by atoms with E-state index in [1.807, 2.05) is 0 Å². The first-order chi connectivity index (χ1) is 25.5. The monoisotopic (exact) mass is 851 g/mol. The van der Waals surface area contributed by atoms with Gasteiger partial charge in [-0.2, -0.15) is 9.97 Å². The van der Waals surface area contributed by atoms with Crippen LogP contribution in [-0.2, 0) is 45.8 Å². The van der Waals surface area contributed by atoms with E-state index < -0.39 is 116 Å². The number of nitrogens with zero attached hydrogens (tertiary/aromatic N) is 5. The van der Waals surface area contributed by atoms with Gasteiger partial charge in [0.1, 0.15) is 48.5 Å². The molecule has 14 N–H and O–H groups in total. The molecule has 308 valence electrons. The minimum Gasteiger partial charge on any atom is -0.387 e. The van der Waals surface area contributed by atoms with Crippen molar-refractivity contribution in [1.82, 2.24) is 29.5 Å². The molecule has 0 aliphatic carbocycles. The maximum absolute atomic E-state index is 12.6. The van der Waals surface area contributed by atoms with E-state index >= 15 is 0 Å². The Morgan fingerprint density at radius 3 is 2.00 bits per heavy atom. The summed E-state index contributed by atoms with van der Waals surface area (Å²) in [6, 6.07) is 1.01. The van der Waals surface area contributed by atoms with Gasteiger partial charge in [0.15, 0.2) is 23.6 Å². The van der Waals surface area contributed by atoms with Gasteiger partial charge >= 0.3 is 23.5 Å². The Bertz CT molecular complexity index is 2100. The topological polar surface area (TPSA) is 442 Å². The van der Waals surface area contributed by atoms with Gasteiger partial charge in [0.05, 0.1) is 32.8 Å². The van der Waals surface area contributed by atoms with Gasteiger partial charge < -0.3 is 65.8 Å². The fraction of sp³-hybridized carbons (Fsp3) is 0.609. The molecule has 29 nitrogen and oxygen atoms in total. The first-order valence-corrected chi connectivity index (χ1v) is 19.9. The third-order valence-corrected chi connectivity index (χ3v) is 10.3. The van der Waals surface area contributed by atoms with E-state index in [0.29, 0.717) is 0 Å².